The third-order valence-corrected chi connectivity index (χ3v) is 8.32. The summed E-state index contributed by atoms with van der Waals surface area (Å²) in [5, 5.41) is 5.44. The molecule has 2 saturated heterocycles. The van der Waals surface area contributed by atoms with Gasteiger partial charge in [-0.1, -0.05) is 31.4 Å². The first kappa shape index (κ1) is 21.8. The van der Waals surface area contributed by atoms with Crippen molar-refractivity contribution in [3.8, 4) is 0 Å². The highest BCUT2D eigenvalue weighted by Gasteiger charge is 2.52. The second kappa shape index (κ2) is 8.58. The summed E-state index contributed by atoms with van der Waals surface area (Å²) in [6.45, 7) is 0.899. The van der Waals surface area contributed by atoms with Crippen LogP contribution in [-0.4, -0.2) is 60.6 Å². The number of amides is 4. The van der Waals surface area contributed by atoms with Crippen molar-refractivity contribution < 1.29 is 22.8 Å². The van der Waals surface area contributed by atoms with Gasteiger partial charge in [0.25, 0.3) is 5.91 Å². The van der Waals surface area contributed by atoms with E-state index in [1.807, 2.05) is 0 Å². The van der Waals surface area contributed by atoms with Crippen LogP contribution in [0.4, 0.5) is 10.5 Å². The molecular weight excluding hydrogens is 420 g/mol. The molecule has 2 heterocycles. The van der Waals surface area contributed by atoms with Gasteiger partial charge >= 0.3 is 6.03 Å². The van der Waals surface area contributed by atoms with Gasteiger partial charge in [-0.3, -0.25) is 14.5 Å². The first-order valence-electron chi connectivity index (χ1n) is 10.9. The molecule has 0 aromatic heterocycles. The molecule has 31 heavy (non-hydrogen) atoms. The van der Waals surface area contributed by atoms with Gasteiger partial charge in [0.05, 0.1) is 5.69 Å². The van der Waals surface area contributed by atoms with Crippen LogP contribution < -0.4 is 10.6 Å². The quantitative estimate of drug-likeness (QED) is 0.646. The van der Waals surface area contributed by atoms with E-state index in [0.29, 0.717) is 25.9 Å². The summed E-state index contributed by atoms with van der Waals surface area (Å²) < 4.78 is 27.6. The average molecular weight is 449 g/mol. The molecule has 2 aliphatic heterocycles. The summed E-state index contributed by atoms with van der Waals surface area (Å²) in [6.07, 6.45) is 5.58. The van der Waals surface area contributed by atoms with Crippen LogP contribution in [0.3, 0.4) is 0 Å². The zero-order valence-corrected chi connectivity index (χ0v) is 18.2. The highest BCUT2D eigenvalue weighted by Crippen LogP contribution is 2.35. The van der Waals surface area contributed by atoms with Gasteiger partial charge < -0.3 is 10.6 Å². The van der Waals surface area contributed by atoms with Crippen molar-refractivity contribution in [1.82, 2.24) is 14.5 Å². The van der Waals surface area contributed by atoms with E-state index in [1.54, 1.807) is 18.2 Å². The number of rotatable bonds is 6. The van der Waals surface area contributed by atoms with Gasteiger partial charge in [-0.2, -0.15) is 4.31 Å². The number of anilines is 1. The molecular formula is C21H28N4O5S. The molecule has 10 heteroatoms. The number of hydrogen-bond donors (Lipinski definition) is 2. The highest BCUT2D eigenvalue weighted by atomic mass is 32.2. The van der Waals surface area contributed by atoms with Crippen LogP contribution in [0, 0.1) is 0 Å². The lowest BCUT2D eigenvalue weighted by atomic mass is 9.98. The van der Waals surface area contributed by atoms with Gasteiger partial charge in [-0.05, 0) is 37.8 Å². The van der Waals surface area contributed by atoms with E-state index in [-0.39, 0.29) is 29.5 Å². The molecule has 4 amide bonds. The Morgan fingerprint density at radius 2 is 1.71 bits per heavy atom. The lowest BCUT2D eigenvalue weighted by Gasteiger charge is -2.26. The fraction of sp³-hybridized carbons (Fsp3) is 0.571. The topological polar surface area (TPSA) is 116 Å². The second-order valence-corrected chi connectivity index (χ2v) is 10.3. The molecule has 0 radical (unpaired) electrons. The summed E-state index contributed by atoms with van der Waals surface area (Å²) in [5.74, 6) is -0.717. The molecule has 168 valence electrons. The number of piperidine rings is 1. The van der Waals surface area contributed by atoms with Gasteiger partial charge in [-0.25, -0.2) is 13.2 Å². The molecule has 3 fully saturated rings. The predicted molar refractivity (Wildman–Crippen MR) is 114 cm³/mol. The Morgan fingerprint density at radius 3 is 2.42 bits per heavy atom. The van der Waals surface area contributed by atoms with E-state index in [0.717, 1.165) is 37.0 Å². The van der Waals surface area contributed by atoms with Gasteiger partial charge in [0.1, 0.15) is 10.4 Å². The maximum Gasteiger partial charge on any atom is 0.325 e. The van der Waals surface area contributed by atoms with E-state index in [4.69, 9.17) is 0 Å². The zero-order chi connectivity index (χ0) is 22.1. The Balaban J connectivity index is 1.42. The van der Waals surface area contributed by atoms with Crippen molar-refractivity contribution in [2.45, 2.75) is 61.8 Å². The number of imide groups is 1. The lowest BCUT2D eigenvalue weighted by molar-refractivity contribution is -0.131. The SMILES string of the molecule is O=C(CCN1C(=O)NC2(CCCC2)C1=O)Nc1ccccc1S(=O)(=O)N1CCCCC1. The van der Waals surface area contributed by atoms with E-state index in [2.05, 4.69) is 10.6 Å². The highest BCUT2D eigenvalue weighted by molar-refractivity contribution is 7.89. The van der Waals surface area contributed by atoms with Crippen LogP contribution >= 0.6 is 0 Å². The van der Waals surface area contributed by atoms with Gasteiger partial charge in [-0.15, -0.1) is 0 Å². The number of carbonyl (C=O) groups is 3. The maximum absolute atomic E-state index is 13.1. The van der Waals surface area contributed by atoms with Crippen LogP contribution in [0.2, 0.25) is 0 Å². The minimum absolute atomic E-state index is 0.0424. The van der Waals surface area contributed by atoms with Gasteiger partial charge in [0, 0.05) is 26.1 Å². The van der Waals surface area contributed by atoms with Crippen LogP contribution in [0.1, 0.15) is 51.4 Å². The third-order valence-electron chi connectivity index (χ3n) is 6.36. The molecule has 1 aromatic carbocycles. The maximum atomic E-state index is 13.1. The monoisotopic (exact) mass is 448 g/mol. The summed E-state index contributed by atoms with van der Waals surface area (Å²) in [7, 11) is -3.71. The van der Waals surface area contributed by atoms with E-state index in [9.17, 15) is 22.8 Å². The largest absolute Gasteiger partial charge is 0.325 e. The Bertz CT molecular complexity index is 981. The third kappa shape index (κ3) is 4.18. The molecule has 0 bridgehead atoms. The number of hydrogen-bond acceptors (Lipinski definition) is 5. The standard InChI is InChI=1S/C21H28N4O5S/c26-18(10-15-25-19(27)21(23-20(25)28)11-4-5-12-21)22-16-8-2-3-9-17(16)31(29,30)24-13-6-1-7-14-24/h2-3,8-9H,1,4-7,10-15H2,(H,22,26)(H,23,28). The first-order chi connectivity index (χ1) is 14.8. The van der Waals surface area contributed by atoms with Crippen molar-refractivity contribution >= 4 is 33.6 Å². The Kier molecular flexibility index (Phi) is 6.02. The summed E-state index contributed by atoms with van der Waals surface area (Å²) in [4.78, 5) is 38.7. The minimum atomic E-state index is -3.71. The number of para-hydroxylation sites is 1. The van der Waals surface area contributed by atoms with Crippen molar-refractivity contribution in [3.63, 3.8) is 0 Å². The van der Waals surface area contributed by atoms with Gasteiger partial charge in [0.15, 0.2) is 0 Å². The molecule has 4 rings (SSSR count). The molecule has 0 atom stereocenters. The summed E-state index contributed by atoms with van der Waals surface area (Å²) in [6, 6.07) is 5.86. The molecule has 1 saturated carbocycles. The van der Waals surface area contributed by atoms with Crippen LogP contribution in [-0.2, 0) is 19.6 Å². The smallest absolute Gasteiger partial charge is 0.325 e. The van der Waals surface area contributed by atoms with Crippen molar-refractivity contribution in [2.75, 3.05) is 25.0 Å². The number of sulfonamides is 1. The molecule has 0 unspecified atom stereocenters. The number of nitrogens with one attached hydrogen (secondary N) is 2. The van der Waals surface area contributed by atoms with Crippen molar-refractivity contribution in [3.05, 3.63) is 24.3 Å². The number of urea groups is 1. The molecule has 1 spiro atoms. The molecule has 1 aliphatic carbocycles. The Hall–Kier alpha value is -2.46. The van der Waals surface area contributed by atoms with Crippen LogP contribution in [0.5, 0.6) is 0 Å². The van der Waals surface area contributed by atoms with Gasteiger partial charge in [0.2, 0.25) is 15.9 Å². The number of nitrogens with zero attached hydrogens (tertiary/aromatic N) is 2. The Labute approximate surface area is 182 Å². The fourth-order valence-electron chi connectivity index (χ4n) is 4.66. The van der Waals surface area contributed by atoms with E-state index in [1.165, 1.54) is 10.4 Å². The first-order valence-corrected chi connectivity index (χ1v) is 12.3. The molecule has 9 nitrogen and oxygen atoms in total. The number of benzene rings is 1. The van der Waals surface area contributed by atoms with Crippen molar-refractivity contribution in [1.29, 1.82) is 0 Å². The van der Waals surface area contributed by atoms with Crippen molar-refractivity contribution in [2.24, 2.45) is 0 Å². The van der Waals surface area contributed by atoms with Crippen LogP contribution in [0.25, 0.3) is 0 Å². The Morgan fingerprint density at radius 1 is 1.03 bits per heavy atom. The lowest BCUT2D eigenvalue weighted by Crippen LogP contribution is -2.44. The molecule has 2 N–H and O–H groups in total. The summed E-state index contributed by atoms with van der Waals surface area (Å²) >= 11 is 0. The summed E-state index contributed by atoms with van der Waals surface area (Å²) in [5.41, 5.74) is -0.592. The van der Waals surface area contributed by atoms with Crippen LogP contribution in [0.15, 0.2) is 29.2 Å². The minimum Gasteiger partial charge on any atom is -0.325 e. The average Bonchev–Trinajstić information content (AvgIpc) is 3.32. The molecule has 1 aromatic rings. The zero-order valence-electron chi connectivity index (χ0n) is 17.4. The normalized spacial score (nSPS) is 21.5. The fourth-order valence-corrected chi connectivity index (χ4v) is 6.33. The van der Waals surface area contributed by atoms with E-state index < -0.39 is 27.5 Å². The molecule has 3 aliphatic rings. The second-order valence-electron chi connectivity index (χ2n) is 8.44. The predicted octanol–water partition coefficient (Wildman–Crippen LogP) is 2.05. The number of carbonyl (C=O) groups excluding carboxylic acids is 3. The van der Waals surface area contributed by atoms with E-state index >= 15 is 0 Å².